The van der Waals surface area contributed by atoms with Crippen LogP contribution in [0.2, 0.25) is 0 Å². The van der Waals surface area contributed by atoms with Crippen molar-refractivity contribution >= 4 is 6.09 Å². The second-order valence-electron chi connectivity index (χ2n) is 9.23. The second kappa shape index (κ2) is 8.56. The Morgan fingerprint density at radius 1 is 1.06 bits per heavy atom. The summed E-state index contributed by atoms with van der Waals surface area (Å²) in [6.45, 7) is 5.80. The van der Waals surface area contributed by atoms with Crippen LogP contribution in [0.25, 0.3) is 0 Å². The van der Waals surface area contributed by atoms with E-state index in [9.17, 15) is 4.79 Å². The number of carbonyl (C=O) groups excluding carboxylic acids is 1. The molecule has 0 radical (unpaired) electrons. The summed E-state index contributed by atoms with van der Waals surface area (Å²) in [4.78, 5) is 27.6. The van der Waals surface area contributed by atoms with Crippen LogP contribution >= 0.6 is 0 Å². The largest absolute Gasteiger partial charge is 0.474 e. The monoisotopic (exact) mass is 438 g/mol. The molecule has 2 saturated heterocycles. The number of hydrogen-bond donors (Lipinski definition) is 0. The molecular formula is C24H30N4O4. The van der Waals surface area contributed by atoms with Gasteiger partial charge in [0.1, 0.15) is 18.5 Å². The number of hydrogen-bond acceptors (Lipinski definition) is 7. The predicted molar refractivity (Wildman–Crippen MR) is 117 cm³/mol. The average Bonchev–Trinajstić information content (AvgIpc) is 3.58. The minimum Gasteiger partial charge on any atom is -0.474 e. The number of ether oxygens (including phenoxy) is 3. The molecular weight excluding hydrogens is 408 g/mol. The molecule has 5 rings (SSSR count). The molecule has 0 aromatic carbocycles. The number of rotatable bonds is 6. The Morgan fingerprint density at radius 2 is 1.78 bits per heavy atom. The van der Waals surface area contributed by atoms with Gasteiger partial charge in [0.2, 0.25) is 11.8 Å². The Kier molecular flexibility index (Phi) is 5.61. The van der Waals surface area contributed by atoms with Crippen LogP contribution in [0.15, 0.2) is 24.7 Å². The first kappa shape index (κ1) is 21.0. The van der Waals surface area contributed by atoms with Crippen molar-refractivity contribution in [1.82, 2.24) is 19.9 Å². The molecule has 2 bridgehead atoms. The molecule has 170 valence electrons. The molecule has 2 aromatic rings. The number of piperidine rings is 1. The minimum atomic E-state index is -0.156. The number of fused-ring (bicyclic) bond motifs is 2. The summed E-state index contributed by atoms with van der Waals surface area (Å²) in [7, 11) is 0. The van der Waals surface area contributed by atoms with Crippen LogP contribution in [-0.2, 0) is 4.74 Å². The molecule has 1 unspecified atom stereocenters. The van der Waals surface area contributed by atoms with Crippen LogP contribution in [-0.4, -0.2) is 50.2 Å². The lowest BCUT2D eigenvalue weighted by molar-refractivity contribution is 0.0132. The Bertz CT molecular complexity index is 982. The van der Waals surface area contributed by atoms with Crippen molar-refractivity contribution < 1.29 is 19.0 Å². The number of aryl methyl sites for hydroxylation is 1. The van der Waals surface area contributed by atoms with E-state index in [0.717, 1.165) is 36.9 Å². The first-order valence-electron chi connectivity index (χ1n) is 11.6. The van der Waals surface area contributed by atoms with Crippen molar-refractivity contribution in [2.24, 2.45) is 5.92 Å². The first-order valence-corrected chi connectivity index (χ1v) is 11.6. The van der Waals surface area contributed by atoms with E-state index in [-0.39, 0.29) is 30.4 Å². The molecule has 1 saturated carbocycles. The van der Waals surface area contributed by atoms with Gasteiger partial charge in [-0.05, 0) is 64.5 Å². The van der Waals surface area contributed by atoms with Crippen molar-refractivity contribution in [2.45, 2.75) is 83.6 Å². The van der Waals surface area contributed by atoms with E-state index in [1.165, 1.54) is 19.2 Å². The SMILES string of the molecule is Cc1ncccc1Oc1ncnc(OC2C[C@@H]3CC[C@@H](C2)N3C(=O)OC(C)C2CC2)c1C. The highest BCUT2D eigenvalue weighted by Crippen LogP contribution is 2.40. The summed E-state index contributed by atoms with van der Waals surface area (Å²) in [6, 6.07) is 4.01. The van der Waals surface area contributed by atoms with E-state index in [1.807, 2.05) is 37.8 Å². The molecule has 2 aromatic heterocycles. The Hall–Kier alpha value is -2.90. The molecule has 3 atom stereocenters. The van der Waals surface area contributed by atoms with Gasteiger partial charge >= 0.3 is 6.09 Å². The van der Waals surface area contributed by atoms with Crippen LogP contribution in [0.1, 0.15) is 56.7 Å². The fourth-order valence-electron chi connectivity index (χ4n) is 4.88. The van der Waals surface area contributed by atoms with Crippen LogP contribution in [0.5, 0.6) is 17.5 Å². The van der Waals surface area contributed by atoms with Crippen LogP contribution < -0.4 is 9.47 Å². The van der Waals surface area contributed by atoms with E-state index >= 15 is 0 Å². The van der Waals surface area contributed by atoms with Crippen molar-refractivity contribution in [3.05, 3.63) is 35.9 Å². The smallest absolute Gasteiger partial charge is 0.410 e. The van der Waals surface area contributed by atoms with E-state index in [1.54, 1.807) is 6.20 Å². The molecule has 3 fully saturated rings. The second-order valence-corrected chi connectivity index (χ2v) is 9.23. The van der Waals surface area contributed by atoms with Gasteiger partial charge in [0.15, 0.2) is 5.75 Å². The van der Waals surface area contributed by atoms with Crippen LogP contribution in [0.3, 0.4) is 0 Å². The molecule has 2 aliphatic heterocycles. The van der Waals surface area contributed by atoms with Gasteiger partial charge in [0, 0.05) is 31.1 Å². The Morgan fingerprint density at radius 3 is 2.47 bits per heavy atom. The van der Waals surface area contributed by atoms with Gasteiger partial charge in [0.05, 0.1) is 11.3 Å². The topological polar surface area (TPSA) is 86.7 Å². The zero-order valence-electron chi connectivity index (χ0n) is 18.9. The highest BCUT2D eigenvalue weighted by Gasteiger charge is 2.46. The predicted octanol–water partition coefficient (Wildman–Crippen LogP) is 4.59. The summed E-state index contributed by atoms with van der Waals surface area (Å²) in [5.41, 5.74) is 1.54. The fraction of sp³-hybridized carbons (Fsp3) is 0.583. The summed E-state index contributed by atoms with van der Waals surface area (Å²) in [6.07, 6.45) is 8.94. The zero-order valence-corrected chi connectivity index (χ0v) is 18.9. The maximum absolute atomic E-state index is 12.8. The molecule has 3 aliphatic rings. The maximum atomic E-state index is 12.8. The third-order valence-electron chi connectivity index (χ3n) is 6.91. The normalized spacial score (nSPS) is 25.3. The van der Waals surface area contributed by atoms with Gasteiger partial charge in [-0.2, -0.15) is 0 Å². The lowest BCUT2D eigenvalue weighted by Gasteiger charge is -2.38. The van der Waals surface area contributed by atoms with E-state index in [2.05, 4.69) is 15.0 Å². The van der Waals surface area contributed by atoms with E-state index < -0.39 is 0 Å². The van der Waals surface area contributed by atoms with Gasteiger partial charge in [-0.25, -0.2) is 14.8 Å². The zero-order chi connectivity index (χ0) is 22.2. The third-order valence-corrected chi connectivity index (χ3v) is 6.91. The third kappa shape index (κ3) is 4.23. The Balaban J connectivity index is 1.24. The average molecular weight is 439 g/mol. The van der Waals surface area contributed by atoms with Crippen LogP contribution in [0.4, 0.5) is 4.79 Å². The molecule has 0 spiro atoms. The van der Waals surface area contributed by atoms with Gasteiger partial charge in [-0.1, -0.05) is 0 Å². The number of amides is 1. The number of pyridine rings is 1. The van der Waals surface area contributed by atoms with Crippen LogP contribution in [0, 0.1) is 19.8 Å². The number of nitrogens with zero attached hydrogens (tertiary/aromatic N) is 4. The molecule has 0 N–H and O–H groups in total. The van der Waals surface area contributed by atoms with Crippen molar-refractivity contribution in [1.29, 1.82) is 0 Å². The fourth-order valence-corrected chi connectivity index (χ4v) is 4.88. The molecule has 8 nitrogen and oxygen atoms in total. The summed E-state index contributed by atoms with van der Waals surface area (Å²) in [5.74, 6) is 2.19. The highest BCUT2D eigenvalue weighted by atomic mass is 16.6. The molecule has 1 aliphatic carbocycles. The standard InChI is InChI=1S/C24H30N4O4/c1-14-22(26-13-27-23(14)32-21-5-4-10-25-15(21)2)31-20-11-18-8-9-19(12-20)28(18)24(29)30-16(3)17-6-7-17/h4-5,10,13,16-20H,6-9,11-12H2,1-3H3/t16?,18-,19-/m0/s1. The number of aromatic nitrogens is 3. The lowest BCUT2D eigenvalue weighted by atomic mass is 10.0. The molecule has 8 heteroatoms. The van der Waals surface area contributed by atoms with Gasteiger partial charge in [-0.3, -0.25) is 4.98 Å². The number of carbonyl (C=O) groups is 1. The molecule has 4 heterocycles. The maximum Gasteiger partial charge on any atom is 0.410 e. The molecule has 1 amide bonds. The van der Waals surface area contributed by atoms with Crippen molar-refractivity contribution in [3.8, 4) is 17.5 Å². The highest BCUT2D eigenvalue weighted by molar-refractivity contribution is 5.69. The first-order chi connectivity index (χ1) is 15.5. The van der Waals surface area contributed by atoms with Gasteiger partial charge in [0.25, 0.3) is 0 Å². The van der Waals surface area contributed by atoms with Crippen molar-refractivity contribution in [2.75, 3.05) is 0 Å². The Labute approximate surface area is 188 Å². The molecule has 32 heavy (non-hydrogen) atoms. The minimum absolute atomic E-state index is 0.000941. The summed E-state index contributed by atoms with van der Waals surface area (Å²) >= 11 is 0. The van der Waals surface area contributed by atoms with E-state index in [4.69, 9.17) is 14.2 Å². The summed E-state index contributed by atoms with van der Waals surface area (Å²) in [5, 5.41) is 0. The van der Waals surface area contributed by atoms with Gasteiger partial charge < -0.3 is 19.1 Å². The van der Waals surface area contributed by atoms with Gasteiger partial charge in [-0.15, -0.1) is 0 Å². The van der Waals surface area contributed by atoms with Crippen molar-refractivity contribution in [3.63, 3.8) is 0 Å². The quantitative estimate of drug-likeness (QED) is 0.652. The van der Waals surface area contributed by atoms with E-state index in [0.29, 0.717) is 23.4 Å². The lowest BCUT2D eigenvalue weighted by Crippen LogP contribution is -2.50. The summed E-state index contributed by atoms with van der Waals surface area (Å²) < 4.78 is 18.0.